The smallest absolute Gasteiger partial charge is 0.277 e. The quantitative estimate of drug-likeness (QED) is 0.570. The summed E-state index contributed by atoms with van der Waals surface area (Å²) >= 11 is 0. The van der Waals surface area contributed by atoms with Gasteiger partial charge in [-0.1, -0.05) is 23.8 Å². The molecule has 0 fully saturated rings. The summed E-state index contributed by atoms with van der Waals surface area (Å²) < 4.78 is 1.48. The summed E-state index contributed by atoms with van der Waals surface area (Å²) in [5.74, 6) is -0.132. The fraction of sp³-hybridized carbons (Fsp3) is 0.227. The number of carbonyl (C=O) groups is 1. The zero-order valence-electron chi connectivity index (χ0n) is 16.2. The number of amides is 1. The normalized spacial score (nSPS) is 11.2. The van der Waals surface area contributed by atoms with E-state index in [1.807, 2.05) is 57.2 Å². The van der Waals surface area contributed by atoms with Crippen LogP contribution in [-0.2, 0) is 11.3 Å². The van der Waals surface area contributed by atoms with Crippen molar-refractivity contribution in [2.24, 2.45) is 0 Å². The van der Waals surface area contributed by atoms with Gasteiger partial charge >= 0.3 is 0 Å². The summed E-state index contributed by atoms with van der Waals surface area (Å²) in [5, 5.41) is 3.86. The summed E-state index contributed by atoms with van der Waals surface area (Å²) in [7, 11) is 0. The first-order valence-electron chi connectivity index (χ1n) is 9.27. The number of hydrogen-bond donors (Lipinski definition) is 2. The third-order valence-corrected chi connectivity index (χ3v) is 4.97. The molecule has 2 N–H and O–H groups in total. The maximum atomic E-state index is 12.8. The third kappa shape index (κ3) is 3.29. The summed E-state index contributed by atoms with van der Waals surface area (Å²) in [6, 6.07) is 11.9. The van der Waals surface area contributed by atoms with Crippen LogP contribution in [0, 0.1) is 20.8 Å². The van der Waals surface area contributed by atoms with Crippen molar-refractivity contribution in [2.45, 2.75) is 33.7 Å². The van der Waals surface area contributed by atoms with Gasteiger partial charge in [-0.3, -0.25) is 14.2 Å². The SMILES string of the molecule is Cc1ccc(C)c(NC(=O)CCn2cnc3c([nH]c4ccc(C)cc43)c2=O)c1. The standard InChI is InChI=1S/C22H22N4O2/c1-13-5-7-17-16(10-13)20-21(25-17)22(28)26(12-23-20)9-8-19(27)24-18-11-14(2)4-6-15(18)3/h4-7,10-12,25H,8-9H2,1-3H3,(H,24,27). The molecule has 0 aliphatic rings. The Morgan fingerprint density at radius 2 is 1.86 bits per heavy atom. The maximum Gasteiger partial charge on any atom is 0.277 e. The van der Waals surface area contributed by atoms with Gasteiger partial charge in [-0.05, 0) is 50.1 Å². The van der Waals surface area contributed by atoms with Crippen molar-refractivity contribution in [1.29, 1.82) is 0 Å². The Morgan fingerprint density at radius 3 is 2.68 bits per heavy atom. The zero-order chi connectivity index (χ0) is 19.8. The van der Waals surface area contributed by atoms with Crippen LogP contribution < -0.4 is 10.9 Å². The molecule has 0 atom stereocenters. The van der Waals surface area contributed by atoms with Crippen molar-refractivity contribution in [3.8, 4) is 0 Å². The van der Waals surface area contributed by atoms with Crippen LogP contribution in [-0.4, -0.2) is 20.4 Å². The topological polar surface area (TPSA) is 79.8 Å². The Labute approximate surface area is 162 Å². The second kappa shape index (κ2) is 6.96. The molecule has 2 aromatic carbocycles. The molecule has 28 heavy (non-hydrogen) atoms. The molecular formula is C22H22N4O2. The number of carbonyl (C=O) groups excluding carboxylic acids is 1. The molecule has 0 aliphatic heterocycles. The predicted molar refractivity (Wildman–Crippen MR) is 112 cm³/mol. The second-order valence-electron chi connectivity index (χ2n) is 7.26. The van der Waals surface area contributed by atoms with Crippen LogP contribution >= 0.6 is 0 Å². The van der Waals surface area contributed by atoms with Gasteiger partial charge in [0.2, 0.25) is 5.91 Å². The van der Waals surface area contributed by atoms with Crippen LogP contribution in [0.2, 0.25) is 0 Å². The summed E-state index contributed by atoms with van der Waals surface area (Å²) in [6.07, 6.45) is 1.71. The van der Waals surface area contributed by atoms with E-state index in [2.05, 4.69) is 15.3 Å². The monoisotopic (exact) mass is 374 g/mol. The number of anilines is 1. The van der Waals surface area contributed by atoms with Gasteiger partial charge < -0.3 is 10.3 Å². The first kappa shape index (κ1) is 18.0. The van der Waals surface area contributed by atoms with Crippen LogP contribution in [0.5, 0.6) is 0 Å². The van der Waals surface area contributed by atoms with Crippen molar-refractivity contribution in [3.05, 3.63) is 69.8 Å². The number of fused-ring (bicyclic) bond motifs is 3. The van der Waals surface area contributed by atoms with Gasteiger partial charge in [0.25, 0.3) is 5.56 Å². The number of nitrogens with one attached hydrogen (secondary N) is 2. The van der Waals surface area contributed by atoms with Gasteiger partial charge in [0, 0.05) is 29.6 Å². The molecule has 2 aromatic heterocycles. The second-order valence-corrected chi connectivity index (χ2v) is 7.26. The van der Waals surface area contributed by atoms with Gasteiger partial charge in [0.1, 0.15) is 11.0 Å². The number of benzene rings is 2. The van der Waals surface area contributed by atoms with E-state index in [4.69, 9.17) is 0 Å². The minimum atomic E-state index is -0.168. The van der Waals surface area contributed by atoms with Crippen LogP contribution in [0.4, 0.5) is 5.69 Å². The molecule has 0 bridgehead atoms. The van der Waals surface area contributed by atoms with Crippen molar-refractivity contribution in [1.82, 2.24) is 14.5 Å². The van der Waals surface area contributed by atoms with Crippen LogP contribution in [0.3, 0.4) is 0 Å². The first-order valence-corrected chi connectivity index (χ1v) is 9.27. The predicted octanol–water partition coefficient (Wildman–Crippen LogP) is 3.83. The number of hydrogen-bond acceptors (Lipinski definition) is 3. The molecule has 0 unspecified atom stereocenters. The first-order chi connectivity index (χ1) is 13.4. The molecule has 4 rings (SSSR count). The number of rotatable bonds is 4. The highest BCUT2D eigenvalue weighted by atomic mass is 16.2. The van der Waals surface area contributed by atoms with Gasteiger partial charge in [0.15, 0.2) is 0 Å². The highest BCUT2D eigenvalue weighted by molar-refractivity contribution is 6.04. The molecule has 142 valence electrons. The highest BCUT2D eigenvalue weighted by Gasteiger charge is 2.12. The van der Waals surface area contributed by atoms with Crippen LogP contribution in [0.15, 0.2) is 47.5 Å². The number of aryl methyl sites for hydroxylation is 4. The van der Waals surface area contributed by atoms with E-state index in [1.165, 1.54) is 10.9 Å². The molecular weight excluding hydrogens is 352 g/mol. The number of nitrogens with zero attached hydrogens (tertiary/aromatic N) is 2. The molecule has 0 aliphatic carbocycles. The lowest BCUT2D eigenvalue weighted by Crippen LogP contribution is -2.23. The van der Waals surface area contributed by atoms with Crippen molar-refractivity contribution < 1.29 is 4.79 Å². The van der Waals surface area contributed by atoms with Crippen molar-refractivity contribution in [2.75, 3.05) is 5.32 Å². The van der Waals surface area contributed by atoms with Gasteiger partial charge in [-0.15, -0.1) is 0 Å². The Balaban J connectivity index is 1.55. The molecule has 0 saturated heterocycles. The van der Waals surface area contributed by atoms with E-state index in [0.29, 0.717) is 11.0 Å². The van der Waals surface area contributed by atoms with Crippen molar-refractivity contribution >= 4 is 33.5 Å². The van der Waals surface area contributed by atoms with Crippen LogP contribution in [0.25, 0.3) is 21.9 Å². The largest absolute Gasteiger partial charge is 0.349 e. The maximum absolute atomic E-state index is 12.8. The van der Waals surface area contributed by atoms with E-state index >= 15 is 0 Å². The van der Waals surface area contributed by atoms with E-state index in [0.717, 1.165) is 33.3 Å². The van der Waals surface area contributed by atoms with E-state index in [9.17, 15) is 9.59 Å². The molecule has 2 heterocycles. The van der Waals surface area contributed by atoms with E-state index in [1.54, 1.807) is 0 Å². The lowest BCUT2D eigenvalue weighted by molar-refractivity contribution is -0.116. The fourth-order valence-electron chi connectivity index (χ4n) is 3.37. The Hall–Kier alpha value is -3.41. The molecule has 6 heteroatoms. The molecule has 0 radical (unpaired) electrons. The summed E-state index contributed by atoms with van der Waals surface area (Å²) in [6.45, 7) is 6.22. The average Bonchev–Trinajstić information content (AvgIpc) is 3.03. The summed E-state index contributed by atoms with van der Waals surface area (Å²) in [4.78, 5) is 32.8. The van der Waals surface area contributed by atoms with E-state index in [-0.39, 0.29) is 24.4 Å². The van der Waals surface area contributed by atoms with Crippen LogP contribution in [0.1, 0.15) is 23.1 Å². The minimum absolute atomic E-state index is 0.132. The zero-order valence-corrected chi connectivity index (χ0v) is 16.2. The fourth-order valence-corrected chi connectivity index (χ4v) is 3.37. The Bertz CT molecular complexity index is 1270. The molecule has 4 aromatic rings. The average molecular weight is 374 g/mol. The minimum Gasteiger partial charge on any atom is -0.349 e. The third-order valence-electron chi connectivity index (χ3n) is 4.97. The Morgan fingerprint density at radius 1 is 1.11 bits per heavy atom. The number of aromatic nitrogens is 3. The number of aromatic amines is 1. The molecule has 1 amide bonds. The molecule has 6 nitrogen and oxygen atoms in total. The van der Waals surface area contributed by atoms with Crippen molar-refractivity contribution in [3.63, 3.8) is 0 Å². The molecule has 0 spiro atoms. The Kier molecular flexibility index (Phi) is 4.47. The lowest BCUT2D eigenvalue weighted by Gasteiger charge is -2.10. The van der Waals surface area contributed by atoms with Gasteiger partial charge in [-0.25, -0.2) is 4.98 Å². The van der Waals surface area contributed by atoms with E-state index < -0.39 is 0 Å². The molecule has 0 saturated carbocycles. The lowest BCUT2D eigenvalue weighted by atomic mass is 10.1. The highest BCUT2D eigenvalue weighted by Crippen LogP contribution is 2.22. The summed E-state index contributed by atoms with van der Waals surface area (Å²) in [5.41, 5.74) is 5.86. The van der Waals surface area contributed by atoms with Gasteiger partial charge in [-0.2, -0.15) is 0 Å². The number of H-pyrrole nitrogens is 1. The van der Waals surface area contributed by atoms with Gasteiger partial charge in [0.05, 0.1) is 6.33 Å².